The van der Waals surface area contributed by atoms with E-state index in [0.717, 1.165) is 61.1 Å². The van der Waals surface area contributed by atoms with Gasteiger partial charge in [0.15, 0.2) is 0 Å². The van der Waals surface area contributed by atoms with Crippen molar-refractivity contribution >= 4 is 27.7 Å². The van der Waals surface area contributed by atoms with Crippen LogP contribution in [0.3, 0.4) is 0 Å². The van der Waals surface area contributed by atoms with Gasteiger partial charge in [-0.25, -0.2) is 15.0 Å². The summed E-state index contributed by atoms with van der Waals surface area (Å²) in [6.45, 7) is 8.00. The van der Waals surface area contributed by atoms with Gasteiger partial charge in [0.1, 0.15) is 5.82 Å². The van der Waals surface area contributed by atoms with Crippen LogP contribution >= 0.6 is 15.9 Å². The summed E-state index contributed by atoms with van der Waals surface area (Å²) in [5.74, 6) is 1.80. The van der Waals surface area contributed by atoms with Gasteiger partial charge in [0.05, 0.1) is 0 Å². The van der Waals surface area contributed by atoms with Gasteiger partial charge in [-0.05, 0) is 40.5 Å². The monoisotopic (exact) mass is 376 g/mol. The smallest absolute Gasteiger partial charge is 0.225 e. The topological polar surface area (TPSA) is 57.2 Å². The van der Waals surface area contributed by atoms with E-state index >= 15 is 0 Å². The van der Waals surface area contributed by atoms with Gasteiger partial charge >= 0.3 is 0 Å². The van der Waals surface area contributed by atoms with Crippen LogP contribution in [0.25, 0.3) is 0 Å². The molecule has 0 spiro atoms. The van der Waals surface area contributed by atoms with Crippen LogP contribution in [0, 0.1) is 6.92 Å². The summed E-state index contributed by atoms with van der Waals surface area (Å²) in [6, 6.07) is 3.93. The molecule has 6 nitrogen and oxygen atoms in total. The van der Waals surface area contributed by atoms with Crippen molar-refractivity contribution in [3.63, 3.8) is 0 Å². The number of hydrogen-bond acceptors (Lipinski definition) is 6. The van der Waals surface area contributed by atoms with E-state index in [-0.39, 0.29) is 0 Å². The Kier molecular flexibility index (Phi) is 5.40. The van der Waals surface area contributed by atoms with Crippen molar-refractivity contribution < 1.29 is 0 Å². The number of nitrogens with one attached hydrogen (secondary N) is 1. The number of piperazine rings is 1. The van der Waals surface area contributed by atoms with Crippen LogP contribution in [0.5, 0.6) is 0 Å². The van der Waals surface area contributed by atoms with Crippen LogP contribution in [0.1, 0.15) is 5.56 Å². The first-order valence-electron chi connectivity index (χ1n) is 7.83. The molecule has 1 fully saturated rings. The Morgan fingerprint density at radius 1 is 1.13 bits per heavy atom. The first kappa shape index (κ1) is 16.1. The zero-order chi connectivity index (χ0) is 16.1. The summed E-state index contributed by atoms with van der Waals surface area (Å²) in [4.78, 5) is 17.7. The second-order valence-corrected chi connectivity index (χ2v) is 6.54. The Morgan fingerprint density at radius 3 is 2.57 bits per heavy atom. The number of halogens is 1. The molecule has 1 N–H and O–H groups in total. The lowest BCUT2D eigenvalue weighted by atomic mass is 10.3. The third-order valence-electron chi connectivity index (χ3n) is 3.97. The lowest BCUT2D eigenvalue weighted by molar-refractivity contribution is 0.266. The van der Waals surface area contributed by atoms with Crippen molar-refractivity contribution in [2.24, 2.45) is 0 Å². The zero-order valence-electron chi connectivity index (χ0n) is 13.2. The number of hydrogen-bond donors (Lipinski definition) is 1. The fourth-order valence-electron chi connectivity index (χ4n) is 2.68. The highest BCUT2D eigenvalue weighted by Gasteiger charge is 2.18. The minimum atomic E-state index is 0.833. The third-order valence-corrected chi connectivity index (χ3v) is 4.41. The van der Waals surface area contributed by atoms with Gasteiger partial charge in [-0.2, -0.15) is 0 Å². The van der Waals surface area contributed by atoms with Crippen LogP contribution in [-0.2, 0) is 0 Å². The molecule has 0 amide bonds. The molecule has 122 valence electrons. The van der Waals surface area contributed by atoms with Crippen molar-refractivity contribution in [2.75, 3.05) is 49.5 Å². The zero-order valence-corrected chi connectivity index (χ0v) is 14.8. The first-order chi connectivity index (χ1) is 11.2. The molecule has 0 bridgehead atoms. The van der Waals surface area contributed by atoms with Gasteiger partial charge in [0, 0.05) is 62.3 Å². The number of aromatic nitrogens is 3. The lowest BCUT2D eigenvalue weighted by Gasteiger charge is -2.34. The molecule has 0 saturated carbocycles. The van der Waals surface area contributed by atoms with E-state index in [2.05, 4.69) is 59.0 Å². The van der Waals surface area contributed by atoms with E-state index in [0.29, 0.717) is 0 Å². The van der Waals surface area contributed by atoms with Gasteiger partial charge in [0.2, 0.25) is 5.95 Å². The van der Waals surface area contributed by atoms with Gasteiger partial charge in [-0.3, -0.25) is 4.90 Å². The van der Waals surface area contributed by atoms with Crippen LogP contribution in [-0.4, -0.2) is 59.1 Å². The van der Waals surface area contributed by atoms with Crippen LogP contribution in [0.4, 0.5) is 11.8 Å². The number of pyridine rings is 1. The Balaban J connectivity index is 1.42. The third kappa shape index (κ3) is 4.39. The summed E-state index contributed by atoms with van der Waals surface area (Å²) < 4.78 is 1.01. The molecule has 0 aromatic carbocycles. The van der Waals surface area contributed by atoms with Crippen LogP contribution in [0.2, 0.25) is 0 Å². The summed E-state index contributed by atoms with van der Waals surface area (Å²) in [7, 11) is 0. The van der Waals surface area contributed by atoms with Crippen LogP contribution < -0.4 is 10.2 Å². The molecule has 23 heavy (non-hydrogen) atoms. The SMILES string of the molecule is Cc1cc(Br)cnc1NCCN1CCN(c2ncccn2)CC1. The highest BCUT2D eigenvalue weighted by atomic mass is 79.9. The predicted octanol–water partition coefficient (Wildman–Crippen LogP) is 2.18. The molecule has 0 unspecified atom stereocenters. The molecule has 0 atom stereocenters. The average molecular weight is 377 g/mol. The summed E-state index contributed by atoms with van der Waals surface area (Å²) in [5, 5.41) is 3.42. The van der Waals surface area contributed by atoms with Gasteiger partial charge in [0.25, 0.3) is 0 Å². The quantitative estimate of drug-likeness (QED) is 0.862. The summed E-state index contributed by atoms with van der Waals surface area (Å²) in [6.07, 6.45) is 5.42. The standard InChI is InChI=1S/C16H21BrN6/c1-13-11-14(17)12-21-15(13)18-5-6-22-7-9-23(10-8-22)16-19-3-2-4-20-16/h2-4,11-12H,5-10H2,1H3,(H,18,21). The molecule has 2 aromatic heterocycles. The largest absolute Gasteiger partial charge is 0.369 e. The van der Waals surface area contributed by atoms with E-state index in [4.69, 9.17) is 0 Å². The minimum absolute atomic E-state index is 0.833. The number of aryl methyl sites for hydroxylation is 1. The maximum Gasteiger partial charge on any atom is 0.225 e. The predicted molar refractivity (Wildman–Crippen MR) is 95.8 cm³/mol. The fraction of sp³-hybridized carbons (Fsp3) is 0.438. The molecule has 1 aliphatic heterocycles. The second-order valence-electron chi connectivity index (χ2n) is 5.62. The summed E-state index contributed by atoms with van der Waals surface area (Å²) in [5.41, 5.74) is 1.16. The van der Waals surface area contributed by atoms with Crippen LogP contribution in [0.15, 0.2) is 35.2 Å². The van der Waals surface area contributed by atoms with E-state index in [1.165, 1.54) is 0 Å². The van der Waals surface area contributed by atoms with Crippen molar-refractivity contribution in [3.8, 4) is 0 Å². The van der Waals surface area contributed by atoms with Crippen molar-refractivity contribution in [3.05, 3.63) is 40.8 Å². The van der Waals surface area contributed by atoms with Crippen molar-refractivity contribution in [1.82, 2.24) is 19.9 Å². The maximum atomic E-state index is 4.41. The summed E-state index contributed by atoms with van der Waals surface area (Å²) >= 11 is 3.44. The van der Waals surface area contributed by atoms with E-state index < -0.39 is 0 Å². The molecule has 1 saturated heterocycles. The highest BCUT2D eigenvalue weighted by molar-refractivity contribution is 9.10. The normalized spacial score (nSPS) is 15.7. The molecular weight excluding hydrogens is 356 g/mol. The van der Waals surface area contributed by atoms with Crippen molar-refractivity contribution in [2.45, 2.75) is 6.92 Å². The van der Waals surface area contributed by atoms with Gasteiger partial charge in [-0.15, -0.1) is 0 Å². The number of rotatable bonds is 5. The lowest BCUT2D eigenvalue weighted by Crippen LogP contribution is -2.48. The Bertz CT molecular complexity index is 628. The first-order valence-corrected chi connectivity index (χ1v) is 8.62. The van der Waals surface area contributed by atoms with Gasteiger partial charge in [-0.1, -0.05) is 0 Å². The van der Waals surface area contributed by atoms with E-state index in [9.17, 15) is 0 Å². The Hall–Kier alpha value is -1.73. The van der Waals surface area contributed by atoms with Crippen molar-refractivity contribution in [1.29, 1.82) is 0 Å². The number of nitrogens with zero attached hydrogens (tertiary/aromatic N) is 5. The second kappa shape index (κ2) is 7.70. The molecule has 0 radical (unpaired) electrons. The highest BCUT2D eigenvalue weighted by Crippen LogP contribution is 2.16. The molecule has 3 rings (SSSR count). The maximum absolute atomic E-state index is 4.41. The molecule has 7 heteroatoms. The van der Waals surface area contributed by atoms with Gasteiger partial charge < -0.3 is 10.2 Å². The van der Waals surface area contributed by atoms with E-state index in [1.54, 1.807) is 12.4 Å². The Labute approximate surface area is 145 Å². The number of anilines is 2. The molecule has 3 heterocycles. The van der Waals surface area contributed by atoms with E-state index in [1.807, 2.05) is 12.3 Å². The molecular formula is C16H21BrN6. The fourth-order valence-corrected chi connectivity index (χ4v) is 3.13. The molecule has 2 aromatic rings. The minimum Gasteiger partial charge on any atom is -0.369 e. The average Bonchev–Trinajstić information content (AvgIpc) is 2.58. The molecule has 1 aliphatic rings. The Morgan fingerprint density at radius 2 is 1.87 bits per heavy atom. The molecule has 0 aliphatic carbocycles.